The van der Waals surface area contributed by atoms with Crippen molar-refractivity contribution >= 4 is 15.9 Å². The molecule has 1 atom stereocenters. The highest BCUT2D eigenvalue weighted by Crippen LogP contribution is 2.27. The van der Waals surface area contributed by atoms with Gasteiger partial charge in [0.15, 0.2) is 0 Å². The summed E-state index contributed by atoms with van der Waals surface area (Å²) < 4.78 is 14.7. The summed E-state index contributed by atoms with van der Waals surface area (Å²) in [6.07, 6.45) is 4.66. The van der Waals surface area contributed by atoms with Crippen molar-refractivity contribution in [1.82, 2.24) is 4.90 Å². The third-order valence-corrected chi connectivity index (χ3v) is 5.15. The molecule has 1 saturated heterocycles. The van der Waals surface area contributed by atoms with E-state index >= 15 is 0 Å². The molecule has 0 aliphatic carbocycles. The summed E-state index contributed by atoms with van der Waals surface area (Å²) in [5, 5.41) is 10.7. The lowest BCUT2D eigenvalue weighted by molar-refractivity contribution is -0.00824. The molecule has 2 rings (SSSR count). The minimum Gasteiger partial charge on any atom is -0.391 e. The molecule has 1 aromatic rings. The van der Waals surface area contributed by atoms with Gasteiger partial charge >= 0.3 is 0 Å². The topological polar surface area (TPSA) is 23.5 Å². The van der Waals surface area contributed by atoms with Crippen LogP contribution in [0.1, 0.15) is 45.1 Å². The first-order valence-electron chi connectivity index (χ1n) is 7.78. The van der Waals surface area contributed by atoms with E-state index in [2.05, 4.69) is 34.7 Å². The van der Waals surface area contributed by atoms with Crippen LogP contribution in [0, 0.1) is 5.82 Å². The number of aliphatic hydroxyl groups is 1. The molecule has 0 spiro atoms. The van der Waals surface area contributed by atoms with Gasteiger partial charge in [0, 0.05) is 16.4 Å². The number of benzene rings is 1. The maximum Gasteiger partial charge on any atom is 0.126 e. The Labute approximate surface area is 135 Å². The minimum absolute atomic E-state index is 0.246. The molecule has 1 aliphatic rings. The molecular weight excluding hydrogens is 333 g/mol. The first kappa shape index (κ1) is 16.9. The van der Waals surface area contributed by atoms with Gasteiger partial charge in [-0.05, 0) is 63.5 Å². The Hall–Kier alpha value is -0.450. The van der Waals surface area contributed by atoms with Crippen molar-refractivity contribution in [2.45, 2.75) is 57.6 Å². The lowest BCUT2D eigenvalue weighted by atomic mass is 9.89. The van der Waals surface area contributed by atoms with Crippen LogP contribution >= 0.6 is 15.9 Å². The first-order chi connectivity index (χ1) is 9.91. The van der Waals surface area contributed by atoms with Gasteiger partial charge in [0.25, 0.3) is 0 Å². The van der Waals surface area contributed by atoms with Gasteiger partial charge < -0.3 is 5.11 Å². The number of hydrogen-bond donors (Lipinski definition) is 1. The number of likely N-dealkylation sites (tertiary alicyclic amines) is 1. The zero-order valence-corrected chi connectivity index (χ0v) is 14.5. The van der Waals surface area contributed by atoms with Gasteiger partial charge in [-0.2, -0.15) is 0 Å². The summed E-state index contributed by atoms with van der Waals surface area (Å²) in [6, 6.07) is 4.90. The second kappa shape index (κ2) is 7.21. The zero-order valence-electron chi connectivity index (χ0n) is 12.9. The van der Waals surface area contributed by atoms with E-state index in [0.29, 0.717) is 12.0 Å². The molecule has 0 radical (unpaired) electrons. The highest BCUT2D eigenvalue weighted by atomic mass is 79.9. The maximum absolute atomic E-state index is 13.9. The summed E-state index contributed by atoms with van der Waals surface area (Å²) in [6.45, 7) is 6.17. The second-order valence-corrected chi connectivity index (χ2v) is 7.43. The molecule has 2 nitrogen and oxygen atoms in total. The number of aliphatic hydroxyl groups excluding tert-OH is 1. The first-order valence-corrected chi connectivity index (χ1v) is 8.57. The highest BCUT2D eigenvalue weighted by Gasteiger charge is 2.34. The van der Waals surface area contributed by atoms with Gasteiger partial charge in [-0.1, -0.05) is 28.8 Å². The van der Waals surface area contributed by atoms with E-state index in [1.807, 2.05) is 0 Å². The lowest BCUT2D eigenvalue weighted by Gasteiger charge is -2.41. The highest BCUT2D eigenvalue weighted by molar-refractivity contribution is 9.10. The van der Waals surface area contributed by atoms with Crippen LogP contribution in [-0.4, -0.2) is 34.7 Å². The number of hydrogen-bond acceptors (Lipinski definition) is 2. The van der Waals surface area contributed by atoms with E-state index in [-0.39, 0.29) is 11.4 Å². The van der Waals surface area contributed by atoms with Crippen LogP contribution in [0.15, 0.2) is 22.7 Å². The van der Waals surface area contributed by atoms with Crippen molar-refractivity contribution in [2.75, 3.05) is 13.1 Å². The van der Waals surface area contributed by atoms with Crippen molar-refractivity contribution < 1.29 is 9.50 Å². The van der Waals surface area contributed by atoms with E-state index in [1.54, 1.807) is 12.1 Å². The van der Waals surface area contributed by atoms with Gasteiger partial charge in [0.2, 0.25) is 0 Å². The molecule has 4 heteroatoms. The van der Waals surface area contributed by atoms with Crippen molar-refractivity contribution in [1.29, 1.82) is 0 Å². The average molecular weight is 358 g/mol. The molecule has 1 N–H and O–H groups in total. The normalized spacial score (nSPS) is 19.3. The SMILES string of the molecule is CC(C)(C(O)Cc1cc(Br)ccc1F)N1CCCCCC1. The van der Waals surface area contributed by atoms with Crippen molar-refractivity contribution in [3.05, 3.63) is 34.1 Å². The molecule has 1 heterocycles. The minimum atomic E-state index is -0.584. The molecular formula is C17H25BrFNO. The fourth-order valence-corrected chi connectivity index (χ4v) is 3.42. The third kappa shape index (κ3) is 4.27. The van der Waals surface area contributed by atoms with E-state index in [0.717, 1.165) is 17.6 Å². The average Bonchev–Trinajstić information content (AvgIpc) is 2.72. The van der Waals surface area contributed by atoms with E-state index in [9.17, 15) is 9.50 Å². The Balaban J connectivity index is 2.09. The van der Waals surface area contributed by atoms with Crippen LogP contribution in [0.5, 0.6) is 0 Å². The van der Waals surface area contributed by atoms with E-state index in [1.165, 1.54) is 31.7 Å². The number of rotatable bonds is 4. The zero-order chi connectivity index (χ0) is 15.5. The second-order valence-electron chi connectivity index (χ2n) is 6.51. The Morgan fingerprint density at radius 3 is 2.48 bits per heavy atom. The molecule has 0 bridgehead atoms. The van der Waals surface area contributed by atoms with Crippen molar-refractivity contribution in [3.8, 4) is 0 Å². The van der Waals surface area contributed by atoms with E-state index in [4.69, 9.17) is 0 Å². The summed E-state index contributed by atoms with van der Waals surface area (Å²) in [7, 11) is 0. The quantitative estimate of drug-likeness (QED) is 0.874. The predicted molar refractivity (Wildman–Crippen MR) is 87.9 cm³/mol. The Kier molecular flexibility index (Phi) is 5.81. The smallest absolute Gasteiger partial charge is 0.126 e. The molecule has 1 unspecified atom stereocenters. The molecule has 0 aromatic heterocycles. The molecule has 1 aliphatic heterocycles. The number of halogens is 2. The third-order valence-electron chi connectivity index (χ3n) is 4.66. The fraction of sp³-hybridized carbons (Fsp3) is 0.647. The van der Waals surface area contributed by atoms with Crippen LogP contribution in [0.3, 0.4) is 0 Å². The molecule has 21 heavy (non-hydrogen) atoms. The summed E-state index contributed by atoms with van der Waals surface area (Å²) in [5.74, 6) is -0.246. The predicted octanol–water partition coefficient (Wildman–Crippen LogP) is 4.15. The van der Waals surface area contributed by atoms with Gasteiger partial charge in [0.1, 0.15) is 5.82 Å². The Morgan fingerprint density at radius 2 is 1.86 bits per heavy atom. The number of nitrogens with zero attached hydrogens (tertiary/aromatic N) is 1. The van der Waals surface area contributed by atoms with Crippen molar-refractivity contribution in [3.63, 3.8) is 0 Å². The summed E-state index contributed by atoms with van der Waals surface area (Å²) in [4.78, 5) is 2.36. The summed E-state index contributed by atoms with van der Waals surface area (Å²) in [5.41, 5.74) is 0.235. The van der Waals surface area contributed by atoms with E-state index < -0.39 is 6.10 Å². The summed E-state index contributed by atoms with van der Waals surface area (Å²) >= 11 is 3.36. The molecule has 1 aromatic carbocycles. The van der Waals surface area contributed by atoms with Crippen LogP contribution in [-0.2, 0) is 6.42 Å². The van der Waals surface area contributed by atoms with Crippen molar-refractivity contribution in [2.24, 2.45) is 0 Å². The van der Waals surface area contributed by atoms with Gasteiger partial charge in [-0.25, -0.2) is 4.39 Å². The Bertz CT molecular complexity index is 470. The van der Waals surface area contributed by atoms with Crippen LogP contribution in [0.25, 0.3) is 0 Å². The van der Waals surface area contributed by atoms with Crippen LogP contribution < -0.4 is 0 Å². The van der Waals surface area contributed by atoms with Gasteiger partial charge in [-0.15, -0.1) is 0 Å². The fourth-order valence-electron chi connectivity index (χ4n) is 3.02. The Morgan fingerprint density at radius 1 is 1.24 bits per heavy atom. The largest absolute Gasteiger partial charge is 0.391 e. The van der Waals surface area contributed by atoms with Gasteiger partial charge in [0.05, 0.1) is 6.10 Å². The molecule has 118 valence electrons. The molecule has 1 fully saturated rings. The van der Waals surface area contributed by atoms with Crippen LogP contribution in [0.2, 0.25) is 0 Å². The standard InChI is InChI=1S/C17H25BrFNO/c1-17(2,20-9-5-3-4-6-10-20)16(21)12-13-11-14(18)7-8-15(13)19/h7-8,11,16,21H,3-6,9-10,12H2,1-2H3. The monoisotopic (exact) mass is 357 g/mol. The lowest BCUT2D eigenvalue weighted by Crippen LogP contribution is -2.53. The maximum atomic E-state index is 13.9. The van der Waals surface area contributed by atoms with Gasteiger partial charge in [-0.3, -0.25) is 4.90 Å². The molecule has 0 saturated carbocycles. The van der Waals surface area contributed by atoms with Crippen LogP contribution in [0.4, 0.5) is 4.39 Å². The molecule has 0 amide bonds.